The molecule has 0 radical (unpaired) electrons. The van der Waals surface area contributed by atoms with Gasteiger partial charge in [0, 0.05) is 56.4 Å². The van der Waals surface area contributed by atoms with Crippen LogP contribution in [0.3, 0.4) is 0 Å². The standard InChI is InChI=1S/C27H15Cl4NO4/c28-18-2-1-3-19(29)17(18)12-32-27(35)14-6-4-13(5-7-14)26-15-8-20(30)22(33)10-24(15)36-25-11-23(34)21(31)9-16(25)26/h1-11,33H,12H2,(H,32,35). The van der Waals surface area contributed by atoms with E-state index in [0.717, 1.165) is 5.56 Å². The van der Waals surface area contributed by atoms with Gasteiger partial charge in [-0.05, 0) is 42.0 Å². The first-order chi connectivity index (χ1) is 17.2. The number of hydrogen-bond donors (Lipinski definition) is 2. The van der Waals surface area contributed by atoms with Crippen LogP contribution in [0.2, 0.25) is 20.1 Å². The molecule has 9 heteroatoms. The number of halogens is 4. The zero-order chi connectivity index (χ0) is 25.6. The van der Waals surface area contributed by atoms with Crippen molar-refractivity contribution in [1.82, 2.24) is 5.32 Å². The molecule has 0 atom stereocenters. The van der Waals surface area contributed by atoms with Crippen molar-refractivity contribution in [1.29, 1.82) is 0 Å². The van der Waals surface area contributed by atoms with Crippen molar-refractivity contribution in [2.75, 3.05) is 0 Å². The lowest BCUT2D eigenvalue weighted by atomic mass is 9.93. The fraction of sp³-hybridized carbons (Fsp3) is 0.0370. The smallest absolute Gasteiger partial charge is 0.251 e. The Morgan fingerprint density at radius 3 is 2.25 bits per heavy atom. The topological polar surface area (TPSA) is 79.5 Å². The van der Waals surface area contributed by atoms with Gasteiger partial charge in [-0.15, -0.1) is 0 Å². The highest BCUT2D eigenvalue weighted by atomic mass is 35.5. The van der Waals surface area contributed by atoms with E-state index < -0.39 is 0 Å². The van der Waals surface area contributed by atoms with E-state index in [1.54, 1.807) is 48.5 Å². The molecule has 1 aliphatic heterocycles. The molecule has 180 valence electrons. The number of phenols is 1. The lowest BCUT2D eigenvalue weighted by Gasteiger charge is -2.16. The van der Waals surface area contributed by atoms with Crippen LogP contribution < -0.4 is 10.7 Å². The number of fused-ring (bicyclic) bond motifs is 2. The molecule has 1 heterocycles. The van der Waals surface area contributed by atoms with E-state index in [1.165, 1.54) is 18.2 Å². The first-order valence-corrected chi connectivity index (χ1v) is 12.1. The lowest BCUT2D eigenvalue weighted by Crippen LogP contribution is -2.23. The second-order valence-electron chi connectivity index (χ2n) is 8.02. The van der Waals surface area contributed by atoms with Gasteiger partial charge in [-0.3, -0.25) is 9.59 Å². The Hall–Kier alpha value is -3.22. The number of carbonyl (C=O) groups is 1. The maximum atomic E-state index is 12.8. The van der Waals surface area contributed by atoms with Crippen LogP contribution in [0.25, 0.3) is 33.4 Å². The van der Waals surface area contributed by atoms with Gasteiger partial charge in [0.25, 0.3) is 5.91 Å². The Kier molecular flexibility index (Phi) is 6.58. The first-order valence-electron chi connectivity index (χ1n) is 10.6. The zero-order valence-electron chi connectivity index (χ0n) is 18.2. The average molecular weight is 559 g/mol. The van der Waals surface area contributed by atoms with Crippen LogP contribution in [0.15, 0.2) is 75.9 Å². The molecule has 0 spiro atoms. The highest BCUT2D eigenvalue weighted by Crippen LogP contribution is 2.43. The van der Waals surface area contributed by atoms with Gasteiger partial charge in [0.15, 0.2) is 0 Å². The average Bonchev–Trinajstić information content (AvgIpc) is 2.84. The Bertz CT molecular complexity index is 1660. The second-order valence-corrected chi connectivity index (χ2v) is 9.64. The summed E-state index contributed by atoms with van der Waals surface area (Å²) in [5.41, 5.74) is 2.99. The molecular weight excluding hydrogens is 544 g/mol. The quantitative estimate of drug-likeness (QED) is 0.220. The van der Waals surface area contributed by atoms with Gasteiger partial charge in [0.1, 0.15) is 17.1 Å². The van der Waals surface area contributed by atoms with Gasteiger partial charge in [0.05, 0.1) is 10.0 Å². The predicted molar refractivity (Wildman–Crippen MR) is 144 cm³/mol. The predicted octanol–water partition coefficient (Wildman–Crippen LogP) is 7.81. The van der Waals surface area contributed by atoms with Crippen molar-refractivity contribution in [2.24, 2.45) is 0 Å². The Morgan fingerprint density at radius 2 is 1.56 bits per heavy atom. The summed E-state index contributed by atoms with van der Waals surface area (Å²) >= 11 is 24.7. The van der Waals surface area contributed by atoms with Crippen molar-refractivity contribution < 1.29 is 14.3 Å². The van der Waals surface area contributed by atoms with Crippen LogP contribution in [-0.2, 0) is 6.54 Å². The lowest BCUT2D eigenvalue weighted by molar-refractivity contribution is 0.0951. The van der Waals surface area contributed by atoms with Gasteiger partial charge in [-0.1, -0.05) is 64.6 Å². The van der Waals surface area contributed by atoms with Crippen LogP contribution in [0.5, 0.6) is 5.75 Å². The minimum atomic E-state index is -0.387. The number of phenolic OH excluding ortho intramolecular Hbond substituents is 1. The van der Waals surface area contributed by atoms with E-state index in [4.69, 9.17) is 50.8 Å². The van der Waals surface area contributed by atoms with Gasteiger partial charge >= 0.3 is 0 Å². The van der Waals surface area contributed by atoms with Crippen molar-refractivity contribution in [3.63, 3.8) is 0 Å². The molecule has 2 N–H and O–H groups in total. The molecule has 36 heavy (non-hydrogen) atoms. The Balaban J connectivity index is 1.55. The molecule has 0 saturated carbocycles. The summed E-state index contributed by atoms with van der Waals surface area (Å²) in [6.45, 7) is 0.173. The first kappa shape index (κ1) is 24.5. The molecule has 0 bridgehead atoms. The van der Waals surface area contributed by atoms with Crippen LogP contribution >= 0.6 is 46.4 Å². The maximum absolute atomic E-state index is 12.8. The Labute approximate surface area is 225 Å². The highest BCUT2D eigenvalue weighted by Gasteiger charge is 2.20. The summed E-state index contributed by atoms with van der Waals surface area (Å²) < 4.78 is 5.87. The van der Waals surface area contributed by atoms with Crippen LogP contribution in [0.4, 0.5) is 0 Å². The van der Waals surface area contributed by atoms with Crippen molar-refractivity contribution in [3.05, 3.63) is 108 Å². The molecule has 0 saturated heterocycles. The third kappa shape index (κ3) is 4.51. The molecule has 3 aromatic rings. The number of rotatable bonds is 4. The minimum Gasteiger partial charge on any atom is -0.506 e. The van der Waals surface area contributed by atoms with Gasteiger partial charge in [-0.2, -0.15) is 0 Å². The zero-order valence-corrected chi connectivity index (χ0v) is 21.3. The third-order valence-corrected chi connectivity index (χ3v) is 7.07. The summed E-state index contributed by atoms with van der Waals surface area (Å²) in [6, 6.07) is 17.8. The molecular formula is C27H15Cl4NO4. The van der Waals surface area contributed by atoms with Crippen molar-refractivity contribution in [3.8, 4) is 28.2 Å². The van der Waals surface area contributed by atoms with Gasteiger partial charge in [-0.25, -0.2) is 0 Å². The van der Waals surface area contributed by atoms with Crippen LogP contribution in [-0.4, -0.2) is 11.0 Å². The fourth-order valence-electron chi connectivity index (χ4n) is 3.97. The molecule has 3 aromatic carbocycles. The van der Waals surface area contributed by atoms with Crippen molar-refractivity contribution in [2.45, 2.75) is 6.54 Å². The molecule has 5 rings (SSSR count). The summed E-state index contributed by atoms with van der Waals surface area (Å²) in [4.78, 5) is 24.9. The number of benzene rings is 4. The normalized spacial score (nSPS) is 11.2. The number of carbonyl (C=O) groups excluding carboxylic acids is 1. The molecule has 1 amide bonds. The number of amides is 1. The SMILES string of the molecule is O=C(NCc1c(Cl)cccc1Cl)c1ccc(-c2c3cc(Cl)c(=O)cc-3oc3cc(O)c(Cl)cc23)cc1. The molecule has 2 aliphatic rings. The van der Waals surface area contributed by atoms with Gasteiger partial charge in [0.2, 0.25) is 5.43 Å². The number of aromatic hydroxyl groups is 1. The van der Waals surface area contributed by atoms with Crippen LogP contribution in [0.1, 0.15) is 15.9 Å². The summed E-state index contributed by atoms with van der Waals surface area (Å²) in [5, 5.41) is 14.6. The second kappa shape index (κ2) is 9.68. The number of hydrogen-bond acceptors (Lipinski definition) is 4. The van der Waals surface area contributed by atoms with Gasteiger partial charge < -0.3 is 14.8 Å². The molecule has 0 fully saturated rings. The molecule has 1 aliphatic carbocycles. The van der Waals surface area contributed by atoms with Crippen LogP contribution in [0, 0.1) is 0 Å². The molecule has 0 unspecified atom stereocenters. The summed E-state index contributed by atoms with van der Waals surface area (Å²) in [7, 11) is 0. The Morgan fingerprint density at radius 1 is 0.861 bits per heavy atom. The fourth-order valence-corrected chi connectivity index (χ4v) is 4.83. The van der Waals surface area contributed by atoms with E-state index in [-0.39, 0.29) is 33.7 Å². The summed E-state index contributed by atoms with van der Waals surface area (Å²) in [5.74, 6) is -0.158. The maximum Gasteiger partial charge on any atom is 0.251 e. The van der Waals surface area contributed by atoms with E-state index in [2.05, 4.69) is 5.32 Å². The largest absolute Gasteiger partial charge is 0.506 e. The monoisotopic (exact) mass is 557 g/mol. The molecule has 0 aromatic heterocycles. The summed E-state index contributed by atoms with van der Waals surface area (Å²) in [6.07, 6.45) is 0. The molecule has 5 nitrogen and oxygen atoms in total. The number of nitrogens with one attached hydrogen (secondary N) is 1. The third-order valence-electron chi connectivity index (χ3n) is 5.76. The van der Waals surface area contributed by atoms with E-state index in [1.807, 2.05) is 0 Å². The highest BCUT2D eigenvalue weighted by molar-refractivity contribution is 6.36. The van der Waals surface area contributed by atoms with Crippen molar-refractivity contribution >= 4 is 63.3 Å². The van der Waals surface area contributed by atoms with E-state index >= 15 is 0 Å². The van der Waals surface area contributed by atoms with E-state index in [0.29, 0.717) is 49.0 Å². The van der Waals surface area contributed by atoms with E-state index in [9.17, 15) is 14.7 Å². The minimum absolute atomic E-state index is 0.0393.